The first-order valence-electron chi connectivity index (χ1n) is 10.8. The third kappa shape index (κ3) is 4.17. The van der Waals surface area contributed by atoms with Gasteiger partial charge in [0.2, 0.25) is 5.95 Å². The van der Waals surface area contributed by atoms with Gasteiger partial charge in [0.15, 0.2) is 0 Å². The molecule has 0 bridgehead atoms. The minimum Gasteiger partial charge on any atom is -0.478 e. The fraction of sp³-hybridized carbons (Fsp3) is 0.154. The molecule has 164 valence electrons. The lowest BCUT2D eigenvalue weighted by molar-refractivity contribution is -0.131. The van der Waals surface area contributed by atoms with Gasteiger partial charge < -0.3 is 5.11 Å². The van der Waals surface area contributed by atoms with Crippen LogP contribution >= 0.6 is 0 Å². The van der Waals surface area contributed by atoms with Gasteiger partial charge in [0, 0.05) is 11.6 Å². The highest BCUT2D eigenvalue weighted by atomic mass is 19.1. The molecule has 1 fully saturated rings. The maximum atomic E-state index is 14.3. The Kier molecular flexibility index (Phi) is 5.52. The quantitative estimate of drug-likeness (QED) is 0.312. The number of aromatic nitrogens is 4. The minimum absolute atomic E-state index is 0.362. The van der Waals surface area contributed by atoms with Gasteiger partial charge in [-0.1, -0.05) is 42.8 Å². The van der Waals surface area contributed by atoms with Gasteiger partial charge in [-0.3, -0.25) is 15.1 Å². The zero-order chi connectivity index (χ0) is 22.8. The largest absolute Gasteiger partial charge is 0.478 e. The van der Waals surface area contributed by atoms with Gasteiger partial charge in [-0.25, -0.2) is 4.79 Å². The van der Waals surface area contributed by atoms with Crippen LogP contribution in [0.4, 0.5) is 4.39 Å². The average Bonchev–Trinajstić information content (AvgIpc) is 3.17. The van der Waals surface area contributed by atoms with Gasteiger partial charge in [-0.15, -0.1) is 5.10 Å². The van der Waals surface area contributed by atoms with Gasteiger partial charge in [0.25, 0.3) is 0 Å². The van der Waals surface area contributed by atoms with E-state index in [0.717, 1.165) is 47.6 Å². The van der Waals surface area contributed by atoms with Crippen molar-refractivity contribution in [3.05, 3.63) is 95.5 Å². The molecule has 0 unspecified atom stereocenters. The maximum absolute atomic E-state index is 14.3. The third-order valence-electron chi connectivity index (χ3n) is 6.00. The normalized spacial score (nSPS) is 14.9. The number of carboxylic acids is 1. The number of carbonyl (C=O) groups is 1. The molecular formula is C26H21FN4O2. The summed E-state index contributed by atoms with van der Waals surface area (Å²) in [7, 11) is 0. The molecule has 0 radical (unpaired) electrons. The molecule has 4 aromatic rings. The van der Waals surface area contributed by atoms with Crippen molar-refractivity contribution in [2.45, 2.75) is 19.3 Å². The topological polar surface area (TPSA) is 91.8 Å². The standard InChI is InChI=1S/C26H21FN4O2/c27-26-20-13-18(9-11-21(20)30-31-26)25(22-15-28-19(14-29-22)10-12-23(32)33)24(17-7-4-8-17)16-5-2-1-3-6-16/h1-3,5-6,9-15,17H,4,7-8H2,(H,30,31)(H,32,33)/b12-10+,25-24+. The molecule has 6 nitrogen and oxygen atoms in total. The first-order valence-corrected chi connectivity index (χ1v) is 10.8. The van der Waals surface area contributed by atoms with Crippen LogP contribution in [0.2, 0.25) is 0 Å². The summed E-state index contributed by atoms with van der Waals surface area (Å²) in [6, 6.07) is 15.7. The number of aromatic amines is 1. The van der Waals surface area contributed by atoms with Crippen molar-refractivity contribution in [2.24, 2.45) is 5.92 Å². The van der Waals surface area contributed by atoms with Crippen molar-refractivity contribution >= 4 is 34.1 Å². The van der Waals surface area contributed by atoms with E-state index in [2.05, 4.69) is 32.3 Å². The molecule has 1 aliphatic rings. The Labute approximate surface area is 189 Å². The Morgan fingerprint density at radius 3 is 2.55 bits per heavy atom. The van der Waals surface area contributed by atoms with Crippen molar-refractivity contribution in [3.63, 3.8) is 0 Å². The Morgan fingerprint density at radius 1 is 1.06 bits per heavy atom. The Morgan fingerprint density at radius 2 is 1.88 bits per heavy atom. The molecule has 0 amide bonds. The smallest absolute Gasteiger partial charge is 0.328 e. The van der Waals surface area contributed by atoms with Crippen molar-refractivity contribution in [2.75, 3.05) is 0 Å². The second-order valence-corrected chi connectivity index (χ2v) is 8.06. The maximum Gasteiger partial charge on any atom is 0.328 e. The van der Waals surface area contributed by atoms with Crippen molar-refractivity contribution < 1.29 is 14.3 Å². The second kappa shape index (κ2) is 8.78. The number of hydrogen-bond acceptors (Lipinski definition) is 4. The van der Waals surface area contributed by atoms with E-state index in [1.54, 1.807) is 18.5 Å². The zero-order valence-corrected chi connectivity index (χ0v) is 17.7. The van der Waals surface area contributed by atoms with E-state index in [4.69, 9.17) is 5.11 Å². The molecule has 2 N–H and O–H groups in total. The van der Waals surface area contributed by atoms with Gasteiger partial charge in [-0.05, 0) is 53.7 Å². The van der Waals surface area contributed by atoms with E-state index >= 15 is 0 Å². The van der Waals surface area contributed by atoms with Crippen molar-refractivity contribution in [1.82, 2.24) is 20.2 Å². The highest BCUT2D eigenvalue weighted by Gasteiger charge is 2.28. The Bertz CT molecular complexity index is 1370. The molecule has 0 atom stereocenters. The summed E-state index contributed by atoms with van der Waals surface area (Å²) in [6.45, 7) is 0. The molecule has 0 saturated heterocycles. The third-order valence-corrected chi connectivity index (χ3v) is 6.00. The highest BCUT2D eigenvalue weighted by Crippen LogP contribution is 2.44. The number of aliphatic carboxylic acids is 1. The first kappa shape index (κ1) is 20.8. The lowest BCUT2D eigenvalue weighted by Gasteiger charge is -2.31. The van der Waals surface area contributed by atoms with Crippen LogP contribution in [-0.4, -0.2) is 31.2 Å². The minimum atomic E-state index is -1.05. The zero-order valence-electron chi connectivity index (χ0n) is 17.7. The number of halogens is 1. The number of nitrogens with zero attached hydrogens (tertiary/aromatic N) is 3. The summed E-state index contributed by atoms with van der Waals surface area (Å²) < 4.78 is 14.3. The van der Waals surface area contributed by atoms with Crippen LogP contribution in [0, 0.1) is 11.9 Å². The van der Waals surface area contributed by atoms with Crippen molar-refractivity contribution in [1.29, 1.82) is 0 Å². The van der Waals surface area contributed by atoms with Crippen molar-refractivity contribution in [3.8, 4) is 0 Å². The Balaban J connectivity index is 1.73. The SMILES string of the molecule is O=C(O)/C=C/c1cnc(/C(=C(\c2ccccc2)C2CCC2)c2ccc3[nH]nc(F)c3c2)cn1. The summed E-state index contributed by atoms with van der Waals surface area (Å²) in [5, 5.41) is 15.7. The van der Waals surface area contributed by atoms with Crippen LogP contribution in [0.15, 0.2) is 67.0 Å². The van der Waals surface area contributed by atoms with E-state index < -0.39 is 11.9 Å². The lowest BCUT2D eigenvalue weighted by Crippen LogP contribution is -2.15. The number of rotatable bonds is 6. The molecular weight excluding hydrogens is 419 g/mol. The fourth-order valence-corrected chi connectivity index (χ4v) is 4.19. The van der Waals surface area contributed by atoms with E-state index in [1.165, 1.54) is 6.08 Å². The van der Waals surface area contributed by atoms with Gasteiger partial charge >= 0.3 is 5.97 Å². The number of benzene rings is 2. The molecule has 2 aromatic carbocycles. The summed E-state index contributed by atoms with van der Waals surface area (Å²) >= 11 is 0. The van der Waals surface area contributed by atoms with Crippen LogP contribution < -0.4 is 0 Å². The highest BCUT2D eigenvalue weighted by molar-refractivity contribution is 6.00. The van der Waals surface area contributed by atoms with Crippen LogP contribution in [0.3, 0.4) is 0 Å². The summed E-state index contributed by atoms with van der Waals surface area (Å²) in [5.74, 6) is -1.23. The van der Waals surface area contributed by atoms with Crippen LogP contribution in [0.25, 0.3) is 28.1 Å². The van der Waals surface area contributed by atoms with E-state index in [1.807, 2.05) is 30.3 Å². The molecule has 2 aromatic heterocycles. The predicted molar refractivity (Wildman–Crippen MR) is 124 cm³/mol. The number of H-pyrrole nitrogens is 1. The number of carboxylic acid groups (broad SMARTS) is 1. The van der Waals surface area contributed by atoms with Crippen LogP contribution in [0.1, 0.15) is 41.8 Å². The Hall–Kier alpha value is -4.13. The molecule has 5 rings (SSSR count). The van der Waals surface area contributed by atoms with E-state index in [-0.39, 0.29) is 0 Å². The van der Waals surface area contributed by atoms with Crippen LogP contribution in [0.5, 0.6) is 0 Å². The lowest BCUT2D eigenvalue weighted by atomic mass is 9.73. The molecule has 7 heteroatoms. The first-order chi connectivity index (χ1) is 16.1. The summed E-state index contributed by atoms with van der Waals surface area (Å²) in [4.78, 5) is 19.9. The van der Waals surface area contributed by atoms with Crippen LogP contribution in [-0.2, 0) is 4.79 Å². The monoisotopic (exact) mass is 440 g/mol. The van der Waals surface area contributed by atoms with Gasteiger partial charge in [-0.2, -0.15) is 4.39 Å². The number of fused-ring (bicyclic) bond motifs is 1. The number of allylic oxidation sites excluding steroid dienone is 1. The predicted octanol–water partition coefficient (Wildman–Crippen LogP) is 5.35. The van der Waals surface area contributed by atoms with E-state index in [9.17, 15) is 9.18 Å². The number of hydrogen-bond donors (Lipinski definition) is 2. The van der Waals surface area contributed by atoms with E-state index in [0.29, 0.717) is 28.2 Å². The molecule has 1 saturated carbocycles. The molecule has 1 aliphatic carbocycles. The average molecular weight is 440 g/mol. The number of nitrogens with one attached hydrogen (secondary N) is 1. The molecule has 0 aliphatic heterocycles. The second-order valence-electron chi connectivity index (χ2n) is 8.06. The summed E-state index contributed by atoms with van der Waals surface area (Å²) in [6.07, 6.45) is 8.93. The molecule has 0 spiro atoms. The molecule has 2 heterocycles. The van der Waals surface area contributed by atoms with Gasteiger partial charge in [0.1, 0.15) is 0 Å². The van der Waals surface area contributed by atoms with Gasteiger partial charge in [0.05, 0.1) is 34.7 Å². The fourth-order valence-electron chi connectivity index (χ4n) is 4.19. The summed E-state index contributed by atoms with van der Waals surface area (Å²) in [5.41, 5.74) is 5.71. The molecule has 33 heavy (non-hydrogen) atoms.